The summed E-state index contributed by atoms with van der Waals surface area (Å²) >= 11 is 0. The molecule has 1 heteroatoms. The molecule has 17 heavy (non-hydrogen) atoms. The Labute approximate surface area is 107 Å². The van der Waals surface area contributed by atoms with Crippen LogP contribution in [0.4, 0.5) is 0 Å². The first kappa shape index (κ1) is 14.2. The van der Waals surface area contributed by atoms with Gasteiger partial charge in [0.2, 0.25) is 0 Å². The normalized spacial score (nSPS) is 18.7. The predicted molar refractivity (Wildman–Crippen MR) is 77.2 cm³/mol. The second-order valence-electron chi connectivity index (χ2n) is 4.90. The summed E-state index contributed by atoms with van der Waals surface area (Å²) in [7, 11) is 2.03. The van der Waals surface area contributed by atoms with E-state index in [-0.39, 0.29) is 0 Å². The minimum atomic E-state index is 0.512. The molecule has 0 fully saturated rings. The maximum atomic E-state index is 3.31. The fourth-order valence-corrected chi connectivity index (χ4v) is 2.27. The Morgan fingerprint density at radius 2 is 2.12 bits per heavy atom. The summed E-state index contributed by atoms with van der Waals surface area (Å²) in [5.74, 6) is 0. The van der Waals surface area contributed by atoms with Crippen LogP contribution in [-0.2, 0) is 0 Å². The standard InChI is InChI=1S/C16H27N/c1-5-7-14(6-2)12-15-8-10-16(11-9-15)13(3)17-4/h8,10,12-13,17H,5-7,9,11H2,1-4H3/b14-12-. The number of nitrogens with one attached hydrogen (secondary N) is 1. The molecule has 1 aliphatic carbocycles. The third-order valence-corrected chi connectivity index (χ3v) is 3.62. The van der Waals surface area contributed by atoms with Crippen molar-refractivity contribution in [2.75, 3.05) is 7.05 Å². The third kappa shape index (κ3) is 4.51. The zero-order valence-corrected chi connectivity index (χ0v) is 11.8. The molecule has 0 aromatic rings. The highest BCUT2D eigenvalue weighted by Gasteiger charge is 2.10. The molecule has 0 aromatic heterocycles. The van der Waals surface area contributed by atoms with Gasteiger partial charge in [0, 0.05) is 6.04 Å². The Morgan fingerprint density at radius 3 is 2.59 bits per heavy atom. The van der Waals surface area contributed by atoms with Crippen LogP contribution in [0.3, 0.4) is 0 Å². The van der Waals surface area contributed by atoms with Crippen molar-refractivity contribution < 1.29 is 0 Å². The summed E-state index contributed by atoms with van der Waals surface area (Å²) < 4.78 is 0. The van der Waals surface area contributed by atoms with E-state index in [1.54, 1.807) is 5.57 Å². The van der Waals surface area contributed by atoms with Crippen LogP contribution in [0.15, 0.2) is 34.9 Å². The molecule has 1 aliphatic rings. The smallest absolute Gasteiger partial charge is 0.0251 e. The second-order valence-corrected chi connectivity index (χ2v) is 4.90. The number of hydrogen-bond donors (Lipinski definition) is 1. The van der Waals surface area contributed by atoms with Gasteiger partial charge in [0.05, 0.1) is 0 Å². The molecule has 1 atom stereocenters. The number of hydrogen-bond acceptors (Lipinski definition) is 1. The molecule has 0 amide bonds. The number of likely N-dealkylation sites (N-methyl/N-ethyl adjacent to an activating group) is 1. The largest absolute Gasteiger partial charge is 0.314 e. The van der Waals surface area contributed by atoms with Gasteiger partial charge in [0.15, 0.2) is 0 Å². The molecule has 1 unspecified atom stereocenters. The Balaban J connectivity index is 2.69. The lowest BCUT2D eigenvalue weighted by molar-refractivity contribution is 0.656. The molecular weight excluding hydrogens is 206 g/mol. The van der Waals surface area contributed by atoms with Crippen LogP contribution in [0.5, 0.6) is 0 Å². The SMILES string of the molecule is CCC/C(=C\C1=CC=C(C(C)NC)CC1)CC. The lowest BCUT2D eigenvalue weighted by atomic mass is 9.92. The molecule has 0 saturated carbocycles. The molecule has 0 aromatic carbocycles. The molecule has 1 nitrogen and oxygen atoms in total. The van der Waals surface area contributed by atoms with Gasteiger partial charge in [-0.15, -0.1) is 0 Å². The van der Waals surface area contributed by atoms with E-state index in [9.17, 15) is 0 Å². The van der Waals surface area contributed by atoms with E-state index < -0.39 is 0 Å². The van der Waals surface area contributed by atoms with Gasteiger partial charge in [0.1, 0.15) is 0 Å². The topological polar surface area (TPSA) is 12.0 Å². The van der Waals surface area contributed by atoms with E-state index in [1.165, 1.54) is 43.3 Å². The molecule has 0 aliphatic heterocycles. The van der Waals surface area contributed by atoms with Crippen LogP contribution >= 0.6 is 0 Å². The van der Waals surface area contributed by atoms with Crippen LogP contribution < -0.4 is 5.32 Å². The molecule has 0 spiro atoms. The third-order valence-electron chi connectivity index (χ3n) is 3.62. The van der Waals surface area contributed by atoms with Crippen LogP contribution in [0.2, 0.25) is 0 Å². The van der Waals surface area contributed by atoms with Crippen molar-refractivity contribution >= 4 is 0 Å². The van der Waals surface area contributed by atoms with Crippen LogP contribution in [0.1, 0.15) is 52.9 Å². The Morgan fingerprint density at radius 1 is 1.35 bits per heavy atom. The number of allylic oxidation sites excluding steroid dienone is 5. The average molecular weight is 233 g/mol. The quantitative estimate of drug-likeness (QED) is 0.718. The van der Waals surface area contributed by atoms with Gasteiger partial charge >= 0.3 is 0 Å². The van der Waals surface area contributed by atoms with Gasteiger partial charge in [0.25, 0.3) is 0 Å². The molecule has 0 saturated heterocycles. The summed E-state index contributed by atoms with van der Waals surface area (Å²) in [6.45, 7) is 6.75. The van der Waals surface area contributed by atoms with Crippen LogP contribution in [0, 0.1) is 0 Å². The Hall–Kier alpha value is -0.820. The van der Waals surface area contributed by atoms with Gasteiger partial charge in [-0.2, -0.15) is 0 Å². The van der Waals surface area contributed by atoms with Crippen molar-refractivity contribution in [1.82, 2.24) is 5.32 Å². The Bertz CT molecular complexity index is 320. The summed E-state index contributed by atoms with van der Waals surface area (Å²) in [5.41, 5.74) is 4.62. The maximum Gasteiger partial charge on any atom is 0.0251 e. The maximum absolute atomic E-state index is 3.31. The van der Waals surface area contributed by atoms with E-state index >= 15 is 0 Å². The monoisotopic (exact) mass is 233 g/mol. The molecule has 0 heterocycles. The highest BCUT2D eigenvalue weighted by molar-refractivity contribution is 5.34. The van der Waals surface area contributed by atoms with Gasteiger partial charge in [-0.3, -0.25) is 0 Å². The van der Waals surface area contributed by atoms with Gasteiger partial charge < -0.3 is 5.32 Å². The summed E-state index contributed by atoms with van der Waals surface area (Å²) in [4.78, 5) is 0. The molecule has 0 bridgehead atoms. The highest BCUT2D eigenvalue weighted by Crippen LogP contribution is 2.24. The summed E-state index contributed by atoms with van der Waals surface area (Å²) in [5, 5.41) is 3.31. The summed E-state index contributed by atoms with van der Waals surface area (Å²) in [6.07, 6.45) is 13.1. The average Bonchev–Trinajstić information content (AvgIpc) is 2.38. The van der Waals surface area contributed by atoms with Crippen molar-refractivity contribution in [3.8, 4) is 0 Å². The van der Waals surface area contributed by atoms with Crippen molar-refractivity contribution in [1.29, 1.82) is 0 Å². The Kier molecular flexibility index (Phi) is 6.28. The molecule has 96 valence electrons. The first-order chi connectivity index (χ1) is 8.21. The number of rotatable bonds is 6. The first-order valence-electron chi connectivity index (χ1n) is 6.97. The predicted octanol–water partition coefficient (Wildman–Crippen LogP) is 4.38. The van der Waals surface area contributed by atoms with Gasteiger partial charge in [-0.05, 0) is 45.2 Å². The molecule has 1 N–H and O–H groups in total. The van der Waals surface area contributed by atoms with Crippen LogP contribution in [0.25, 0.3) is 0 Å². The lowest BCUT2D eigenvalue weighted by Crippen LogP contribution is -2.24. The first-order valence-corrected chi connectivity index (χ1v) is 6.97. The highest BCUT2D eigenvalue weighted by atomic mass is 14.9. The molecular formula is C16H27N. The minimum absolute atomic E-state index is 0.512. The van der Waals surface area contributed by atoms with E-state index in [0.29, 0.717) is 6.04 Å². The summed E-state index contributed by atoms with van der Waals surface area (Å²) in [6, 6.07) is 0.512. The van der Waals surface area contributed by atoms with Crippen molar-refractivity contribution in [2.24, 2.45) is 0 Å². The van der Waals surface area contributed by atoms with E-state index in [1.807, 2.05) is 7.05 Å². The van der Waals surface area contributed by atoms with Gasteiger partial charge in [-0.25, -0.2) is 0 Å². The fraction of sp³-hybridized carbons (Fsp3) is 0.625. The lowest BCUT2D eigenvalue weighted by Gasteiger charge is -2.19. The van der Waals surface area contributed by atoms with E-state index in [2.05, 4.69) is 44.3 Å². The van der Waals surface area contributed by atoms with E-state index in [4.69, 9.17) is 0 Å². The van der Waals surface area contributed by atoms with Crippen molar-refractivity contribution in [3.05, 3.63) is 34.9 Å². The van der Waals surface area contributed by atoms with Crippen molar-refractivity contribution in [2.45, 2.75) is 58.9 Å². The van der Waals surface area contributed by atoms with Gasteiger partial charge in [-0.1, -0.05) is 49.6 Å². The zero-order chi connectivity index (χ0) is 12.7. The van der Waals surface area contributed by atoms with E-state index in [0.717, 1.165) is 0 Å². The molecule has 0 radical (unpaired) electrons. The van der Waals surface area contributed by atoms with Crippen LogP contribution in [-0.4, -0.2) is 13.1 Å². The second kappa shape index (κ2) is 7.50. The molecule has 1 rings (SSSR count). The zero-order valence-electron chi connectivity index (χ0n) is 11.8. The fourth-order valence-electron chi connectivity index (χ4n) is 2.27. The van der Waals surface area contributed by atoms with Crippen molar-refractivity contribution in [3.63, 3.8) is 0 Å². The minimum Gasteiger partial charge on any atom is -0.314 e.